The molecule has 140 valence electrons. The van der Waals surface area contributed by atoms with Gasteiger partial charge in [0, 0.05) is 31.9 Å². The molecule has 1 N–H and O–H groups in total. The number of nitrogens with zero attached hydrogens (tertiary/aromatic N) is 3. The number of benzene rings is 2. The molecule has 1 amide bonds. The first-order valence-corrected chi connectivity index (χ1v) is 9.17. The molecule has 3 rings (SSSR count). The molecule has 0 saturated carbocycles. The lowest BCUT2D eigenvalue weighted by molar-refractivity contribution is 0.0797. The number of rotatable bonds is 7. The van der Waals surface area contributed by atoms with Crippen molar-refractivity contribution in [1.29, 1.82) is 0 Å². The SMILES string of the molecule is CNCCN(C)C(=O)c1cn(Cc2ccccc2)nc1-c1ccc(C)cc1. The first-order chi connectivity index (χ1) is 13.1. The van der Waals surface area contributed by atoms with E-state index in [2.05, 4.69) is 24.4 Å². The molecule has 1 heterocycles. The van der Waals surface area contributed by atoms with E-state index in [1.165, 1.54) is 5.56 Å². The van der Waals surface area contributed by atoms with E-state index in [0.717, 1.165) is 23.4 Å². The number of carbonyl (C=O) groups excluding carboxylic acids is 1. The second-order valence-electron chi connectivity index (χ2n) is 6.77. The van der Waals surface area contributed by atoms with Crippen LogP contribution in [0.3, 0.4) is 0 Å². The van der Waals surface area contributed by atoms with Crippen molar-refractivity contribution in [3.63, 3.8) is 0 Å². The van der Waals surface area contributed by atoms with E-state index in [1.807, 2.05) is 67.4 Å². The van der Waals surface area contributed by atoms with Crippen LogP contribution in [0.2, 0.25) is 0 Å². The number of aryl methyl sites for hydroxylation is 1. The molecule has 5 heteroatoms. The zero-order chi connectivity index (χ0) is 19.2. The van der Waals surface area contributed by atoms with Crippen LogP contribution in [0.25, 0.3) is 11.3 Å². The van der Waals surface area contributed by atoms with E-state index in [0.29, 0.717) is 18.7 Å². The molecule has 0 fully saturated rings. The Morgan fingerprint density at radius 2 is 1.81 bits per heavy atom. The number of likely N-dealkylation sites (N-methyl/N-ethyl adjacent to an activating group) is 2. The zero-order valence-corrected chi connectivity index (χ0v) is 16.1. The Bertz CT molecular complexity index is 884. The number of amides is 1. The van der Waals surface area contributed by atoms with Crippen LogP contribution >= 0.6 is 0 Å². The van der Waals surface area contributed by atoms with Gasteiger partial charge in [-0.25, -0.2) is 0 Å². The summed E-state index contributed by atoms with van der Waals surface area (Å²) in [5, 5.41) is 7.82. The van der Waals surface area contributed by atoms with Gasteiger partial charge in [-0.15, -0.1) is 0 Å². The molecule has 3 aromatic rings. The summed E-state index contributed by atoms with van der Waals surface area (Å²) in [7, 11) is 3.71. The van der Waals surface area contributed by atoms with Gasteiger partial charge in [-0.05, 0) is 19.5 Å². The van der Waals surface area contributed by atoms with Crippen molar-refractivity contribution in [2.75, 3.05) is 27.2 Å². The van der Waals surface area contributed by atoms with Gasteiger partial charge in [0.2, 0.25) is 0 Å². The molecule has 0 spiro atoms. The minimum Gasteiger partial charge on any atom is -0.340 e. The molecule has 0 bridgehead atoms. The topological polar surface area (TPSA) is 50.2 Å². The molecule has 0 unspecified atom stereocenters. The fourth-order valence-electron chi connectivity index (χ4n) is 2.94. The molecule has 0 atom stereocenters. The van der Waals surface area contributed by atoms with Crippen LogP contribution in [0.1, 0.15) is 21.5 Å². The van der Waals surface area contributed by atoms with E-state index >= 15 is 0 Å². The number of hydrogen-bond acceptors (Lipinski definition) is 3. The summed E-state index contributed by atoms with van der Waals surface area (Å²) in [6, 6.07) is 18.3. The van der Waals surface area contributed by atoms with Crippen molar-refractivity contribution in [2.24, 2.45) is 0 Å². The van der Waals surface area contributed by atoms with Gasteiger partial charge < -0.3 is 10.2 Å². The maximum atomic E-state index is 13.0. The highest BCUT2D eigenvalue weighted by molar-refractivity contribution is 5.99. The Hall–Kier alpha value is -2.92. The number of aromatic nitrogens is 2. The summed E-state index contributed by atoms with van der Waals surface area (Å²) >= 11 is 0. The Morgan fingerprint density at radius 1 is 1.11 bits per heavy atom. The highest BCUT2D eigenvalue weighted by Gasteiger charge is 2.21. The van der Waals surface area contributed by atoms with Gasteiger partial charge in [0.25, 0.3) is 5.91 Å². The normalized spacial score (nSPS) is 10.8. The molecule has 0 saturated heterocycles. The van der Waals surface area contributed by atoms with Gasteiger partial charge in [0.05, 0.1) is 12.1 Å². The summed E-state index contributed by atoms with van der Waals surface area (Å²) < 4.78 is 1.85. The molecule has 5 nitrogen and oxygen atoms in total. The third-order valence-electron chi connectivity index (χ3n) is 4.55. The average molecular weight is 362 g/mol. The van der Waals surface area contributed by atoms with Gasteiger partial charge in [0.15, 0.2) is 0 Å². The Balaban J connectivity index is 1.96. The van der Waals surface area contributed by atoms with Gasteiger partial charge in [-0.2, -0.15) is 5.10 Å². The van der Waals surface area contributed by atoms with Gasteiger partial charge >= 0.3 is 0 Å². The fourth-order valence-corrected chi connectivity index (χ4v) is 2.94. The molecular formula is C22H26N4O. The first-order valence-electron chi connectivity index (χ1n) is 9.17. The van der Waals surface area contributed by atoms with Crippen LogP contribution in [0.15, 0.2) is 60.8 Å². The second-order valence-corrected chi connectivity index (χ2v) is 6.77. The van der Waals surface area contributed by atoms with Crippen molar-refractivity contribution in [2.45, 2.75) is 13.5 Å². The monoisotopic (exact) mass is 362 g/mol. The van der Waals surface area contributed by atoms with Crippen LogP contribution in [0.5, 0.6) is 0 Å². The van der Waals surface area contributed by atoms with E-state index in [9.17, 15) is 4.79 Å². The van der Waals surface area contributed by atoms with Crippen molar-refractivity contribution in [3.8, 4) is 11.3 Å². The smallest absolute Gasteiger partial charge is 0.257 e. The molecular weight excluding hydrogens is 336 g/mol. The van der Waals surface area contributed by atoms with E-state index in [1.54, 1.807) is 4.90 Å². The van der Waals surface area contributed by atoms with E-state index in [-0.39, 0.29) is 5.91 Å². The fraction of sp³-hybridized carbons (Fsp3) is 0.273. The zero-order valence-electron chi connectivity index (χ0n) is 16.1. The lowest BCUT2D eigenvalue weighted by atomic mass is 10.1. The van der Waals surface area contributed by atoms with Crippen LogP contribution in [0.4, 0.5) is 0 Å². The van der Waals surface area contributed by atoms with Crippen LogP contribution < -0.4 is 5.32 Å². The average Bonchev–Trinajstić information content (AvgIpc) is 3.10. The van der Waals surface area contributed by atoms with Gasteiger partial charge in [-0.3, -0.25) is 9.48 Å². The maximum Gasteiger partial charge on any atom is 0.257 e. The molecule has 0 aliphatic heterocycles. The number of carbonyl (C=O) groups is 1. The maximum absolute atomic E-state index is 13.0. The Morgan fingerprint density at radius 3 is 2.48 bits per heavy atom. The third-order valence-corrected chi connectivity index (χ3v) is 4.55. The molecule has 2 aromatic carbocycles. The van der Waals surface area contributed by atoms with Gasteiger partial charge in [-0.1, -0.05) is 60.2 Å². The predicted molar refractivity (Wildman–Crippen MR) is 109 cm³/mol. The summed E-state index contributed by atoms with van der Waals surface area (Å²) in [4.78, 5) is 14.8. The largest absolute Gasteiger partial charge is 0.340 e. The van der Waals surface area contributed by atoms with E-state index < -0.39 is 0 Å². The molecule has 0 radical (unpaired) electrons. The standard InChI is InChI=1S/C22H26N4O/c1-17-9-11-19(12-10-17)21-20(22(27)25(3)14-13-23-2)16-26(24-21)15-18-7-5-4-6-8-18/h4-12,16,23H,13-15H2,1-3H3. The first kappa shape index (κ1) is 18.9. The molecule has 0 aliphatic carbocycles. The number of nitrogens with one attached hydrogen (secondary N) is 1. The van der Waals surface area contributed by atoms with Crippen molar-refractivity contribution >= 4 is 5.91 Å². The van der Waals surface area contributed by atoms with Crippen molar-refractivity contribution < 1.29 is 4.79 Å². The molecule has 0 aliphatic rings. The van der Waals surface area contributed by atoms with Gasteiger partial charge in [0.1, 0.15) is 5.69 Å². The van der Waals surface area contributed by atoms with Crippen molar-refractivity contribution in [1.82, 2.24) is 20.0 Å². The lowest BCUT2D eigenvalue weighted by Crippen LogP contribution is -2.32. The summed E-state index contributed by atoms with van der Waals surface area (Å²) in [6.45, 7) is 4.08. The quantitative estimate of drug-likeness (QED) is 0.702. The van der Waals surface area contributed by atoms with Crippen LogP contribution in [0, 0.1) is 6.92 Å². The van der Waals surface area contributed by atoms with E-state index in [4.69, 9.17) is 5.10 Å². The Kier molecular flexibility index (Phi) is 6.04. The minimum atomic E-state index is -0.0138. The van der Waals surface area contributed by atoms with Crippen LogP contribution in [-0.2, 0) is 6.54 Å². The highest BCUT2D eigenvalue weighted by Crippen LogP contribution is 2.24. The van der Waals surface area contributed by atoms with Crippen LogP contribution in [-0.4, -0.2) is 47.8 Å². The Labute approximate surface area is 160 Å². The summed E-state index contributed by atoms with van der Waals surface area (Å²) in [6.07, 6.45) is 1.86. The lowest BCUT2D eigenvalue weighted by Gasteiger charge is -2.16. The third kappa shape index (κ3) is 4.63. The minimum absolute atomic E-state index is 0.0138. The number of hydrogen-bond donors (Lipinski definition) is 1. The highest BCUT2D eigenvalue weighted by atomic mass is 16.2. The summed E-state index contributed by atoms with van der Waals surface area (Å²) in [5.41, 5.74) is 4.65. The van der Waals surface area contributed by atoms with Crippen molar-refractivity contribution in [3.05, 3.63) is 77.5 Å². The molecule has 27 heavy (non-hydrogen) atoms. The summed E-state index contributed by atoms with van der Waals surface area (Å²) in [5.74, 6) is -0.0138. The predicted octanol–water partition coefficient (Wildman–Crippen LogP) is 3.20. The molecule has 1 aromatic heterocycles. The second kappa shape index (κ2) is 8.64.